The van der Waals surface area contributed by atoms with Crippen molar-refractivity contribution in [1.82, 2.24) is 35.0 Å². The number of methoxy groups -OCH3 is 1. The molecule has 10 nitrogen and oxygen atoms in total. The summed E-state index contributed by atoms with van der Waals surface area (Å²) >= 11 is 0. The summed E-state index contributed by atoms with van der Waals surface area (Å²) in [6, 6.07) is 5.69. The molecule has 4 rings (SSSR count). The summed E-state index contributed by atoms with van der Waals surface area (Å²) in [7, 11) is 3.44. The Morgan fingerprint density at radius 3 is 2.66 bits per heavy atom. The maximum atomic E-state index is 12.7. The standard InChI is InChI=1S/C22H26N8O2/c1-12-7-8-16(11-18(12)30-15(4)25-27-28-30)24-19(31)10-9-17-13(2)20-21(23-14(17)3)29(5)26-22(20)32-6/h7-8,11H,9-10H2,1-6H3,(H,24,31). The maximum Gasteiger partial charge on any atom is 0.242 e. The lowest BCUT2D eigenvalue weighted by molar-refractivity contribution is -0.116. The Balaban J connectivity index is 1.53. The van der Waals surface area contributed by atoms with E-state index in [2.05, 4.69) is 25.9 Å². The Bertz CT molecular complexity index is 1320. The van der Waals surface area contributed by atoms with Crippen molar-refractivity contribution in [2.75, 3.05) is 12.4 Å². The first kappa shape index (κ1) is 21.4. The van der Waals surface area contributed by atoms with Crippen molar-refractivity contribution in [1.29, 1.82) is 0 Å². The van der Waals surface area contributed by atoms with Gasteiger partial charge in [0.2, 0.25) is 11.8 Å². The van der Waals surface area contributed by atoms with Gasteiger partial charge in [-0.25, -0.2) is 9.67 Å². The third-order valence-electron chi connectivity index (χ3n) is 5.66. The van der Waals surface area contributed by atoms with Crippen molar-refractivity contribution >= 4 is 22.6 Å². The van der Waals surface area contributed by atoms with E-state index < -0.39 is 0 Å². The number of amides is 1. The summed E-state index contributed by atoms with van der Waals surface area (Å²) in [6.07, 6.45) is 0.889. The smallest absolute Gasteiger partial charge is 0.242 e. The molecule has 4 aromatic rings. The Hall–Kier alpha value is -3.82. The minimum atomic E-state index is -0.0784. The summed E-state index contributed by atoms with van der Waals surface area (Å²) in [5.41, 5.74) is 6.27. The molecule has 0 saturated heterocycles. The lowest BCUT2D eigenvalue weighted by Crippen LogP contribution is -2.14. The normalized spacial score (nSPS) is 11.2. The zero-order valence-electron chi connectivity index (χ0n) is 19.1. The minimum absolute atomic E-state index is 0.0784. The number of nitrogens with one attached hydrogen (secondary N) is 1. The van der Waals surface area contributed by atoms with Gasteiger partial charge in [0.15, 0.2) is 11.5 Å². The van der Waals surface area contributed by atoms with Crippen LogP contribution in [0.5, 0.6) is 5.88 Å². The van der Waals surface area contributed by atoms with Crippen molar-refractivity contribution in [3.8, 4) is 11.6 Å². The van der Waals surface area contributed by atoms with Crippen LogP contribution in [0.3, 0.4) is 0 Å². The molecule has 3 aromatic heterocycles. The predicted molar refractivity (Wildman–Crippen MR) is 120 cm³/mol. The fourth-order valence-electron chi connectivity index (χ4n) is 3.94. The highest BCUT2D eigenvalue weighted by Crippen LogP contribution is 2.30. The van der Waals surface area contributed by atoms with Crippen LogP contribution in [0, 0.1) is 27.7 Å². The summed E-state index contributed by atoms with van der Waals surface area (Å²) < 4.78 is 8.79. The monoisotopic (exact) mass is 434 g/mol. The number of ether oxygens (including phenoxy) is 1. The number of pyridine rings is 1. The number of rotatable bonds is 6. The predicted octanol–water partition coefficient (Wildman–Crippen LogP) is 2.76. The number of carbonyl (C=O) groups excluding carboxylic acids is 1. The van der Waals surface area contributed by atoms with E-state index in [4.69, 9.17) is 9.72 Å². The molecule has 0 bridgehead atoms. The summed E-state index contributed by atoms with van der Waals surface area (Å²) in [6.45, 7) is 7.79. The molecule has 0 saturated carbocycles. The van der Waals surface area contributed by atoms with Gasteiger partial charge in [0.05, 0.1) is 18.2 Å². The second-order valence-corrected chi connectivity index (χ2v) is 7.82. The Labute approximate surface area is 185 Å². The molecule has 0 radical (unpaired) electrons. The lowest BCUT2D eigenvalue weighted by atomic mass is 10.00. The zero-order valence-corrected chi connectivity index (χ0v) is 19.1. The molecule has 0 aliphatic carbocycles. The molecule has 0 fully saturated rings. The number of fused-ring (bicyclic) bond motifs is 1. The first-order valence-corrected chi connectivity index (χ1v) is 10.3. The minimum Gasteiger partial charge on any atom is -0.479 e. The highest BCUT2D eigenvalue weighted by molar-refractivity contribution is 5.91. The molecular formula is C22H26N8O2. The van der Waals surface area contributed by atoms with Crippen LogP contribution in [0.2, 0.25) is 0 Å². The molecule has 0 unspecified atom stereocenters. The molecule has 0 spiro atoms. The summed E-state index contributed by atoms with van der Waals surface area (Å²) in [5.74, 6) is 1.14. The second-order valence-electron chi connectivity index (χ2n) is 7.82. The highest BCUT2D eigenvalue weighted by atomic mass is 16.5. The van der Waals surface area contributed by atoms with Crippen molar-refractivity contribution in [3.05, 3.63) is 46.4 Å². The quantitative estimate of drug-likeness (QED) is 0.496. The van der Waals surface area contributed by atoms with Gasteiger partial charge in [0, 0.05) is 24.8 Å². The van der Waals surface area contributed by atoms with Gasteiger partial charge in [0.25, 0.3) is 0 Å². The van der Waals surface area contributed by atoms with E-state index in [0.717, 1.165) is 39.1 Å². The van der Waals surface area contributed by atoms with E-state index >= 15 is 0 Å². The number of carbonyl (C=O) groups is 1. The van der Waals surface area contributed by atoms with Gasteiger partial charge >= 0.3 is 0 Å². The third kappa shape index (κ3) is 3.79. The molecule has 10 heteroatoms. The van der Waals surface area contributed by atoms with E-state index in [9.17, 15) is 4.79 Å². The number of anilines is 1. The van der Waals surface area contributed by atoms with Gasteiger partial charge in [-0.2, -0.15) is 4.68 Å². The van der Waals surface area contributed by atoms with Crippen LogP contribution >= 0.6 is 0 Å². The van der Waals surface area contributed by atoms with Crippen molar-refractivity contribution in [2.24, 2.45) is 7.05 Å². The number of benzene rings is 1. The average Bonchev–Trinajstić information content (AvgIpc) is 3.32. The van der Waals surface area contributed by atoms with Crippen LogP contribution < -0.4 is 10.1 Å². The van der Waals surface area contributed by atoms with Crippen LogP contribution in [0.4, 0.5) is 5.69 Å². The van der Waals surface area contributed by atoms with E-state index in [1.165, 1.54) is 0 Å². The Morgan fingerprint density at radius 2 is 1.97 bits per heavy atom. The third-order valence-corrected chi connectivity index (χ3v) is 5.66. The zero-order chi connectivity index (χ0) is 23.0. The fraction of sp³-hybridized carbons (Fsp3) is 0.364. The molecule has 0 atom stereocenters. The number of hydrogen-bond acceptors (Lipinski definition) is 7. The fourth-order valence-corrected chi connectivity index (χ4v) is 3.94. The number of aromatic nitrogens is 7. The SMILES string of the molecule is COc1nn(C)c2nc(C)c(CCC(=O)Nc3ccc(C)c(-n4nnnc4C)c3)c(C)c12. The van der Waals surface area contributed by atoms with Crippen LogP contribution in [-0.2, 0) is 18.3 Å². The Kier molecular flexibility index (Phi) is 5.60. The summed E-state index contributed by atoms with van der Waals surface area (Å²) in [5, 5.41) is 19.9. The molecule has 1 aromatic carbocycles. The van der Waals surface area contributed by atoms with Gasteiger partial charge in [0.1, 0.15) is 0 Å². The van der Waals surface area contributed by atoms with Gasteiger partial charge in [-0.15, -0.1) is 10.2 Å². The largest absolute Gasteiger partial charge is 0.479 e. The molecule has 0 aliphatic heterocycles. The van der Waals surface area contributed by atoms with Crippen LogP contribution in [-0.4, -0.2) is 48.0 Å². The van der Waals surface area contributed by atoms with Gasteiger partial charge in [-0.1, -0.05) is 6.07 Å². The topological polar surface area (TPSA) is 113 Å². The van der Waals surface area contributed by atoms with E-state index in [1.54, 1.807) is 16.5 Å². The number of nitrogens with zero attached hydrogens (tertiary/aromatic N) is 7. The molecule has 32 heavy (non-hydrogen) atoms. The lowest BCUT2D eigenvalue weighted by Gasteiger charge is -2.12. The van der Waals surface area contributed by atoms with Crippen LogP contribution in [0.1, 0.15) is 34.6 Å². The second kappa shape index (κ2) is 8.37. The van der Waals surface area contributed by atoms with E-state index in [1.807, 2.05) is 52.9 Å². The molecular weight excluding hydrogens is 408 g/mol. The highest BCUT2D eigenvalue weighted by Gasteiger charge is 2.18. The van der Waals surface area contributed by atoms with E-state index in [-0.39, 0.29) is 5.91 Å². The van der Waals surface area contributed by atoms with Crippen molar-refractivity contribution < 1.29 is 9.53 Å². The first-order valence-electron chi connectivity index (χ1n) is 10.3. The molecule has 0 aliphatic rings. The van der Waals surface area contributed by atoms with Crippen LogP contribution in [0.15, 0.2) is 18.2 Å². The van der Waals surface area contributed by atoms with Crippen LogP contribution in [0.25, 0.3) is 16.7 Å². The Morgan fingerprint density at radius 1 is 1.19 bits per heavy atom. The molecule has 1 amide bonds. The molecule has 3 heterocycles. The van der Waals surface area contributed by atoms with E-state index in [0.29, 0.717) is 30.2 Å². The molecule has 1 N–H and O–H groups in total. The summed E-state index contributed by atoms with van der Waals surface area (Å²) in [4.78, 5) is 17.4. The van der Waals surface area contributed by atoms with Gasteiger partial charge in [-0.05, 0) is 73.4 Å². The maximum absolute atomic E-state index is 12.7. The van der Waals surface area contributed by atoms with Gasteiger partial charge in [-0.3, -0.25) is 4.79 Å². The first-order chi connectivity index (χ1) is 15.3. The molecule has 166 valence electrons. The average molecular weight is 435 g/mol. The number of tetrazole rings is 1. The van der Waals surface area contributed by atoms with Crippen molar-refractivity contribution in [3.63, 3.8) is 0 Å². The van der Waals surface area contributed by atoms with Gasteiger partial charge < -0.3 is 10.1 Å². The number of hydrogen-bond donors (Lipinski definition) is 1. The number of aryl methyl sites for hydroxylation is 5. The van der Waals surface area contributed by atoms with Crippen molar-refractivity contribution in [2.45, 2.75) is 40.5 Å².